The van der Waals surface area contributed by atoms with Crippen molar-refractivity contribution in [3.63, 3.8) is 0 Å². The Balaban J connectivity index is 2.20. The third kappa shape index (κ3) is 6.90. The quantitative estimate of drug-likeness (QED) is 0.554. The van der Waals surface area contributed by atoms with E-state index in [0.717, 1.165) is 39.1 Å². The summed E-state index contributed by atoms with van der Waals surface area (Å²) in [5.41, 5.74) is 1.37. The summed E-state index contributed by atoms with van der Waals surface area (Å²) >= 11 is 0. The first-order chi connectivity index (χ1) is 9.04. The van der Waals surface area contributed by atoms with Gasteiger partial charge in [0.2, 0.25) is 0 Å². The molecule has 0 bridgehead atoms. The molecule has 0 unspecified atom stereocenters. The van der Waals surface area contributed by atoms with Crippen LogP contribution in [-0.2, 0) is 11.3 Å². The van der Waals surface area contributed by atoms with Crippen LogP contribution in [0.2, 0.25) is 19.6 Å². The van der Waals surface area contributed by atoms with Gasteiger partial charge in [0.15, 0.2) is 0 Å². The van der Waals surface area contributed by atoms with E-state index in [-0.39, 0.29) is 0 Å². The summed E-state index contributed by atoms with van der Waals surface area (Å²) in [7, 11) is -1.15. The molecule has 2 nitrogen and oxygen atoms in total. The summed E-state index contributed by atoms with van der Waals surface area (Å²) < 4.78 is 5.45. The summed E-state index contributed by atoms with van der Waals surface area (Å²) in [4.78, 5) is 0. The van der Waals surface area contributed by atoms with Crippen molar-refractivity contribution in [2.75, 3.05) is 19.8 Å². The highest BCUT2D eigenvalue weighted by Gasteiger charge is 2.15. The highest BCUT2D eigenvalue weighted by molar-refractivity contribution is 6.88. The minimum atomic E-state index is -1.15. The lowest BCUT2D eigenvalue weighted by Gasteiger charge is -2.16. The standard InChI is InChI=1S/C16H29NOSi/c1-5-12-18-13-6-11-17-14-15-7-9-16(10-8-15)19(2,3)4/h7-10,17H,5-6,11-14H2,1-4H3. The van der Waals surface area contributed by atoms with Crippen LogP contribution in [0.3, 0.4) is 0 Å². The lowest BCUT2D eigenvalue weighted by Crippen LogP contribution is -2.37. The molecule has 1 aromatic carbocycles. The maximum absolute atomic E-state index is 5.45. The summed E-state index contributed by atoms with van der Waals surface area (Å²) in [5.74, 6) is 0. The molecule has 108 valence electrons. The van der Waals surface area contributed by atoms with Gasteiger partial charge in [-0.2, -0.15) is 0 Å². The van der Waals surface area contributed by atoms with Gasteiger partial charge in [-0.15, -0.1) is 0 Å². The van der Waals surface area contributed by atoms with Crippen LogP contribution in [0.4, 0.5) is 0 Å². The zero-order valence-electron chi connectivity index (χ0n) is 13.0. The number of hydrogen-bond donors (Lipinski definition) is 1. The van der Waals surface area contributed by atoms with E-state index in [4.69, 9.17) is 4.74 Å². The van der Waals surface area contributed by atoms with Crippen molar-refractivity contribution in [2.45, 2.75) is 46.0 Å². The summed E-state index contributed by atoms with van der Waals surface area (Å²) in [6.45, 7) is 13.0. The van der Waals surface area contributed by atoms with Crippen molar-refractivity contribution in [1.29, 1.82) is 0 Å². The van der Waals surface area contributed by atoms with Gasteiger partial charge in [0.25, 0.3) is 0 Å². The van der Waals surface area contributed by atoms with Gasteiger partial charge in [-0.1, -0.05) is 56.0 Å². The van der Waals surface area contributed by atoms with Crippen LogP contribution >= 0.6 is 0 Å². The second-order valence-corrected chi connectivity index (χ2v) is 11.2. The van der Waals surface area contributed by atoms with Gasteiger partial charge in [0.1, 0.15) is 0 Å². The van der Waals surface area contributed by atoms with Crippen molar-refractivity contribution < 1.29 is 4.74 Å². The first kappa shape index (κ1) is 16.4. The average Bonchev–Trinajstić information content (AvgIpc) is 2.37. The maximum atomic E-state index is 5.45. The molecule has 0 aromatic heterocycles. The van der Waals surface area contributed by atoms with Crippen LogP contribution < -0.4 is 10.5 Å². The smallest absolute Gasteiger partial charge is 0.0775 e. The number of rotatable bonds is 9. The van der Waals surface area contributed by atoms with Crippen LogP contribution in [-0.4, -0.2) is 27.8 Å². The molecule has 1 N–H and O–H groups in total. The van der Waals surface area contributed by atoms with E-state index in [1.165, 1.54) is 10.8 Å². The molecule has 0 saturated carbocycles. The van der Waals surface area contributed by atoms with Crippen LogP contribution in [0, 0.1) is 0 Å². The Morgan fingerprint density at radius 1 is 1.05 bits per heavy atom. The minimum absolute atomic E-state index is 0.870. The third-order valence-corrected chi connectivity index (χ3v) is 5.21. The maximum Gasteiger partial charge on any atom is 0.0775 e. The molecule has 3 heteroatoms. The van der Waals surface area contributed by atoms with E-state index in [2.05, 4.69) is 56.1 Å². The molecule has 19 heavy (non-hydrogen) atoms. The SMILES string of the molecule is CCCOCCCNCc1ccc([Si](C)(C)C)cc1. The summed E-state index contributed by atoms with van der Waals surface area (Å²) in [6.07, 6.45) is 2.20. The monoisotopic (exact) mass is 279 g/mol. The fraction of sp³-hybridized carbons (Fsp3) is 0.625. The number of nitrogens with one attached hydrogen (secondary N) is 1. The Morgan fingerprint density at radius 3 is 2.32 bits per heavy atom. The van der Waals surface area contributed by atoms with Gasteiger partial charge >= 0.3 is 0 Å². The van der Waals surface area contributed by atoms with Gasteiger partial charge in [0, 0.05) is 19.8 Å². The van der Waals surface area contributed by atoms with E-state index in [1.807, 2.05) is 0 Å². The zero-order chi connectivity index (χ0) is 14.1. The van der Waals surface area contributed by atoms with Gasteiger partial charge in [-0.25, -0.2) is 0 Å². The molecule has 0 aliphatic heterocycles. The van der Waals surface area contributed by atoms with Crippen LogP contribution in [0.15, 0.2) is 24.3 Å². The van der Waals surface area contributed by atoms with Gasteiger partial charge in [-0.05, 0) is 24.9 Å². The Hall–Kier alpha value is -0.643. The molecule has 0 atom stereocenters. The molecular formula is C16H29NOSi. The number of hydrogen-bond acceptors (Lipinski definition) is 2. The first-order valence-electron chi connectivity index (χ1n) is 7.42. The van der Waals surface area contributed by atoms with E-state index in [9.17, 15) is 0 Å². The summed E-state index contributed by atoms with van der Waals surface area (Å²) in [5, 5.41) is 5.00. The molecule has 0 aliphatic rings. The van der Waals surface area contributed by atoms with E-state index in [1.54, 1.807) is 0 Å². The molecule has 0 spiro atoms. The third-order valence-electron chi connectivity index (χ3n) is 3.14. The Morgan fingerprint density at radius 2 is 1.74 bits per heavy atom. The predicted molar refractivity (Wildman–Crippen MR) is 86.9 cm³/mol. The van der Waals surface area contributed by atoms with E-state index in [0.29, 0.717) is 0 Å². The lowest BCUT2D eigenvalue weighted by molar-refractivity contribution is 0.132. The number of ether oxygens (including phenoxy) is 1. The van der Waals surface area contributed by atoms with Gasteiger partial charge in [0.05, 0.1) is 8.07 Å². The van der Waals surface area contributed by atoms with Crippen molar-refractivity contribution in [1.82, 2.24) is 5.32 Å². The fourth-order valence-corrected chi connectivity index (χ4v) is 3.07. The van der Waals surface area contributed by atoms with Crippen molar-refractivity contribution in [3.05, 3.63) is 29.8 Å². The molecule has 0 fully saturated rings. The van der Waals surface area contributed by atoms with Gasteiger partial charge in [-0.3, -0.25) is 0 Å². The first-order valence-corrected chi connectivity index (χ1v) is 10.9. The lowest BCUT2D eigenvalue weighted by atomic mass is 10.2. The molecule has 1 aromatic rings. The molecule has 0 amide bonds. The zero-order valence-corrected chi connectivity index (χ0v) is 14.0. The molecule has 0 aliphatic carbocycles. The molecular weight excluding hydrogens is 250 g/mol. The van der Waals surface area contributed by atoms with Crippen molar-refractivity contribution >= 4 is 13.3 Å². The van der Waals surface area contributed by atoms with Crippen molar-refractivity contribution in [3.8, 4) is 0 Å². The van der Waals surface area contributed by atoms with E-state index < -0.39 is 8.07 Å². The van der Waals surface area contributed by atoms with Gasteiger partial charge < -0.3 is 10.1 Å². The topological polar surface area (TPSA) is 21.3 Å². The Bertz CT molecular complexity index is 343. The fourth-order valence-electron chi connectivity index (χ4n) is 1.90. The predicted octanol–water partition coefficient (Wildman–Crippen LogP) is 3.14. The largest absolute Gasteiger partial charge is 0.381 e. The Labute approximate surface area is 119 Å². The molecule has 0 radical (unpaired) electrons. The molecule has 0 saturated heterocycles. The average molecular weight is 279 g/mol. The highest BCUT2D eigenvalue weighted by Crippen LogP contribution is 2.04. The van der Waals surface area contributed by atoms with Crippen LogP contribution in [0.1, 0.15) is 25.3 Å². The van der Waals surface area contributed by atoms with Crippen molar-refractivity contribution in [2.24, 2.45) is 0 Å². The highest BCUT2D eigenvalue weighted by atomic mass is 28.3. The molecule has 0 heterocycles. The Kier molecular flexibility index (Phi) is 7.35. The van der Waals surface area contributed by atoms with Crippen LogP contribution in [0.5, 0.6) is 0 Å². The second-order valence-electron chi connectivity index (χ2n) is 6.09. The van der Waals surface area contributed by atoms with E-state index >= 15 is 0 Å². The second kappa shape index (κ2) is 8.51. The normalized spacial score (nSPS) is 11.8. The van der Waals surface area contributed by atoms with Crippen LogP contribution in [0.25, 0.3) is 0 Å². The summed E-state index contributed by atoms with van der Waals surface area (Å²) in [6, 6.07) is 9.11. The number of benzene rings is 1. The molecule has 1 rings (SSSR count). The minimum Gasteiger partial charge on any atom is -0.381 e.